The molecule has 0 atom stereocenters. The van der Waals surface area contributed by atoms with Crippen molar-refractivity contribution >= 4 is 13.5 Å². The average molecular weight is 368 g/mol. The Hall–Kier alpha value is -1.66. The van der Waals surface area contributed by atoms with E-state index in [9.17, 15) is 9.36 Å². The highest BCUT2D eigenvalue weighted by Crippen LogP contribution is 2.54. The zero-order valence-corrected chi connectivity index (χ0v) is 15.5. The van der Waals surface area contributed by atoms with Gasteiger partial charge in [0.2, 0.25) is 0 Å². The van der Waals surface area contributed by atoms with E-state index in [1.807, 2.05) is 11.0 Å². The average Bonchev–Trinajstić information content (AvgIpc) is 2.63. The number of carbonyl (C=O) groups excluding carboxylic acids is 1. The lowest BCUT2D eigenvalue weighted by molar-refractivity contribution is 0.0588. The van der Waals surface area contributed by atoms with Gasteiger partial charge in [0.25, 0.3) is 5.91 Å². The minimum absolute atomic E-state index is 0.145. The van der Waals surface area contributed by atoms with Crippen LogP contribution in [0.3, 0.4) is 0 Å². The highest BCUT2D eigenvalue weighted by molar-refractivity contribution is 7.58. The fraction of sp³-hybridized carbons (Fsp3) is 0.471. The van der Waals surface area contributed by atoms with E-state index >= 15 is 0 Å². The molecule has 1 N–H and O–H groups in total. The number of hydrogen-bond acceptors (Lipinski definition) is 6. The predicted octanol–water partition coefficient (Wildman–Crippen LogP) is 2.81. The van der Waals surface area contributed by atoms with Crippen LogP contribution < -0.4 is 5.32 Å². The molecule has 0 aromatic heterocycles. The summed E-state index contributed by atoms with van der Waals surface area (Å²) < 4.78 is 29.3. The van der Waals surface area contributed by atoms with Gasteiger partial charge in [0, 0.05) is 24.9 Å². The van der Waals surface area contributed by atoms with Gasteiger partial charge in [-0.05, 0) is 26.0 Å². The van der Waals surface area contributed by atoms with E-state index in [1.54, 1.807) is 44.3 Å². The van der Waals surface area contributed by atoms with Crippen LogP contribution in [0.15, 0.2) is 42.0 Å². The highest BCUT2D eigenvalue weighted by atomic mass is 31.2. The monoisotopic (exact) mass is 368 g/mol. The first-order valence-electron chi connectivity index (χ1n) is 8.38. The molecule has 0 radical (unpaired) electrons. The van der Waals surface area contributed by atoms with Crippen LogP contribution in [0.4, 0.5) is 0 Å². The van der Waals surface area contributed by atoms with Crippen LogP contribution in [0.5, 0.6) is 0 Å². The molecule has 0 unspecified atom stereocenters. The SMILES string of the molecule is CCOP(=O)(OCC)C(=CN1CCOCC1)NC(=O)c1ccccc1. The quantitative estimate of drug-likeness (QED) is 0.711. The van der Waals surface area contributed by atoms with Crippen molar-refractivity contribution in [1.82, 2.24) is 10.2 Å². The van der Waals surface area contributed by atoms with Crippen molar-refractivity contribution in [2.75, 3.05) is 39.5 Å². The lowest BCUT2D eigenvalue weighted by Gasteiger charge is -2.28. The molecule has 1 aromatic carbocycles. The topological polar surface area (TPSA) is 77.1 Å². The van der Waals surface area contributed by atoms with E-state index < -0.39 is 7.60 Å². The van der Waals surface area contributed by atoms with Crippen molar-refractivity contribution in [3.63, 3.8) is 0 Å². The molecule has 0 saturated carbocycles. The zero-order chi connectivity index (χ0) is 18.1. The van der Waals surface area contributed by atoms with Crippen molar-refractivity contribution in [2.45, 2.75) is 13.8 Å². The second kappa shape index (κ2) is 9.73. The highest BCUT2D eigenvalue weighted by Gasteiger charge is 2.32. The molecule has 0 bridgehead atoms. The Kier molecular flexibility index (Phi) is 7.65. The summed E-state index contributed by atoms with van der Waals surface area (Å²) in [4.78, 5) is 14.5. The molecule has 8 heteroatoms. The van der Waals surface area contributed by atoms with Crippen LogP contribution in [0, 0.1) is 0 Å². The molecular weight excluding hydrogens is 343 g/mol. The number of hydrogen-bond donors (Lipinski definition) is 1. The van der Waals surface area contributed by atoms with Crippen molar-refractivity contribution in [1.29, 1.82) is 0 Å². The predicted molar refractivity (Wildman–Crippen MR) is 95.2 cm³/mol. The largest absolute Gasteiger partial charge is 0.378 e. The molecule has 1 heterocycles. The Morgan fingerprint density at radius 3 is 2.36 bits per heavy atom. The van der Waals surface area contributed by atoms with Gasteiger partial charge in [-0.25, -0.2) is 0 Å². The minimum Gasteiger partial charge on any atom is -0.378 e. The second-order valence-corrected chi connectivity index (χ2v) is 7.31. The summed E-state index contributed by atoms with van der Waals surface area (Å²) in [5.41, 5.74) is 0.613. The minimum atomic E-state index is -3.62. The van der Waals surface area contributed by atoms with Crippen molar-refractivity contribution < 1.29 is 23.1 Å². The number of nitrogens with zero attached hydrogens (tertiary/aromatic N) is 1. The summed E-state index contributed by atoms with van der Waals surface area (Å²) in [6.07, 6.45) is 1.65. The number of morpholine rings is 1. The van der Waals surface area contributed by atoms with E-state index in [0.29, 0.717) is 31.9 Å². The summed E-state index contributed by atoms with van der Waals surface area (Å²) in [5, 5.41) is 2.72. The number of benzene rings is 1. The van der Waals surface area contributed by atoms with Crippen LogP contribution in [-0.2, 0) is 18.3 Å². The molecular formula is C17H25N2O5P. The second-order valence-electron chi connectivity index (χ2n) is 5.32. The first kappa shape index (κ1) is 19.7. The maximum atomic E-state index is 13.2. The fourth-order valence-electron chi connectivity index (χ4n) is 2.35. The van der Waals surface area contributed by atoms with E-state index in [1.165, 1.54) is 0 Å². The standard InChI is InChI=1S/C17H25N2O5P/c1-3-23-25(21,24-4-2)16(14-19-10-12-22-13-11-19)18-17(20)15-8-6-5-7-9-15/h5-9,14H,3-4,10-13H2,1-2H3,(H,18,20). The molecule has 1 amide bonds. The lowest BCUT2D eigenvalue weighted by Crippen LogP contribution is -2.34. The van der Waals surface area contributed by atoms with Crippen LogP contribution in [0.25, 0.3) is 0 Å². The van der Waals surface area contributed by atoms with Crippen LogP contribution >= 0.6 is 7.60 Å². The summed E-state index contributed by atoms with van der Waals surface area (Å²) in [5.74, 6) is -0.361. The van der Waals surface area contributed by atoms with Crippen molar-refractivity contribution in [3.05, 3.63) is 47.5 Å². The number of nitrogens with one attached hydrogen (secondary N) is 1. The van der Waals surface area contributed by atoms with Gasteiger partial charge >= 0.3 is 7.60 Å². The normalized spacial score (nSPS) is 15.9. The van der Waals surface area contributed by atoms with E-state index in [0.717, 1.165) is 0 Å². The van der Waals surface area contributed by atoms with Crippen molar-refractivity contribution in [3.8, 4) is 0 Å². The molecule has 7 nitrogen and oxygen atoms in total. The molecule has 138 valence electrons. The van der Waals surface area contributed by atoms with Crippen molar-refractivity contribution in [2.24, 2.45) is 0 Å². The summed E-state index contributed by atoms with van der Waals surface area (Å²) in [6.45, 7) is 6.31. The van der Waals surface area contributed by atoms with Crippen LogP contribution in [0.2, 0.25) is 0 Å². The Morgan fingerprint density at radius 2 is 1.80 bits per heavy atom. The molecule has 1 aliphatic heterocycles. The third-order valence-electron chi connectivity index (χ3n) is 3.52. The third-order valence-corrected chi connectivity index (χ3v) is 5.53. The third kappa shape index (κ3) is 5.68. The lowest BCUT2D eigenvalue weighted by atomic mass is 10.2. The zero-order valence-electron chi connectivity index (χ0n) is 14.6. The summed E-state index contributed by atoms with van der Waals surface area (Å²) >= 11 is 0. The van der Waals surface area contributed by atoms with Gasteiger partial charge in [-0.15, -0.1) is 0 Å². The van der Waals surface area contributed by atoms with E-state index in [2.05, 4.69) is 5.32 Å². The molecule has 2 rings (SSSR count). The van der Waals surface area contributed by atoms with Gasteiger partial charge < -0.3 is 24.0 Å². The molecule has 1 fully saturated rings. The maximum absolute atomic E-state index is 13.2. The molecule has 1 aromatic rings. The Balaban J connectivity index is 2.28. The van der Waals surface area contributed by atoms with Gasteiger partial charge in [0.05, 0.1) is 26.4 Å². The molecule has 0 aliphatic carbocycles. The van der Waals surface area contributed by atoms with E-state index in [4.69, 9.17) is 13.8 Å². The maximum Gasteiger partial charge on any atom is 0.378 e. The van der Waals surface area contributed by atoms with Crippen LogP contribution in [-0.4, -0.2) is 50.3 Å². The first-order chi connectivity index (χ1) is 12.1. The molecule has 25 heavy (non-hydrogen) atoms. The van der Waals surface area contributed by atoms with Gasteiger partial charge in [0.1, 0.15) is 5.44 Å². The summed E-state index contributed by atoms with van der Waals surface area (Å²) in [6, 6.07) is 8.74. The number of amides is 1. The molecule has 1 aliphatic rings. The van der Waals surface area contributed by atoms with Gasteiger partial charge in [-0.2, -0.15) is 0 Å². The molecule has 0 spiro atoms. The van der Waals surface area contributed by atoms with Crippen LogP contribution in [0.1, 0.15) is 24.2 Å². The number of ether oxygens (including phenoxy) is 1. The van der Waals surface area contributed by atoms with Gasteiger partial charge in [-0.3, -0.25) is 9.36 Å². The Morgan fingerprint density at radius 1 is 1.20 bits per heavy atom. The number of carbonyl (C=O) groups is 1. The Labute approximate surface area is 148 Å². The Bertz CT molecular complexity index is 619. The number of rotatable bonds is 8. The smallest absolute Gasteiger partial charge is 0.378 e. The van der Waals surface area contributed by atoms with Gasteiger partial charge in [0.15, 0.2) is 0 Å². The van der Waals surface area contributed by atoms with E-state index in [-0.39, 0.29) is 24.6 Å². The first-order valence-corrected chi connectivity index (χ1v) is 9.93. The van der Waals surface area contributed by atoms with Gasteiger partial charge in [-0.1, -0.05) is 18.2 Å². The molecule has 1 saturated heterocycles. The summed E-state index contributed by atoms with van der Waals surface area (Å²) in [7, 11) is -3.62. The fourth-order valence-corrected chi connectivity index (χ4v) is 3.92.